The zero-order valence-corrected chi connectivity index (χ0v) is 22.0. The molecule has 1 aromatic carbocycles. The first-order valence-corrected chi connectivity index (χ1v) is 13.9. The summed E-state index contributed by atoms with van der Waals surface area (Å²) < 4.78 is 5.67. The van der Waals surface area contributed by atoms with Gasteiger partial charge >= 0.3 is 5.97 Å². The fourth-order valence-electron chi connectivity index (χ4n) is 6.48. The van der Waals surface area contributed by atoms with Crippen molar-refractivity contribution in [2.45, 2.75) is 48.4 Å². The maximum atomic E-state index is 14.4. The summed E-state index contributed by atoms with van der Waals surface area (Å²) in [5.74, 6) is -2.20. The Kier molecular flexibility index (Phi) is 6.30. The van der Waals surface area contributed by atoms with Gasteiger partial charge in [0.1, 0.15) is 18.2 Å². The summed E-state index contributed by atoms with van der Waals surface area (Å²) in [5, 5.41) is 17.9. The number of rotatable bonds is 6. The largest absolute Gasteiger partial charge is 0.465 e. The molecule has 11 heteroatoms. The topological polar surface area (TPSA) is 118 Å². The van der Waals surface area contributed by atoms with Crippen molar-refractivity contribution in [1.29, 1.82) is 0 Å². The van der Waals surface area contributed by atoms with Crippen LogP contribution in [-0.4, -0.2) is 89.5 Å². The number of para-hydroxylation sites is 1. The van der Waals surface area contributed by atoms with Crippen LogP contribution in [0.5, 0.6) is 0 Å². The van der Waals surface area contributed by atoms with Crippen LogP contribution in [0.2, 0.25) is 0 Å². The lowest BCUT2D eigenvalue weighted by molar-refractivity contribution is -0.154. The molecule has 10 nitrogen and oxygen atoms in total. The number of esters is 1. The number of unbranched alkanes of at least 4 members (excludes halogenated alkanes) is 1. The summed E-state index contributed by atoms with van der Waals surface area (Å²) in [6.07, 6.45) is 9.66. The molecule has 2 saturated heterocycles. The number of aliphatic hydroxyl groups excluding tert-OH is 1. The molecule has 38 heavy (non-hydrogen) atoms. The van der Waals surface area contributed by atoms with Gasteiger partial charge in [0.25, 0.3) is 0 Å². The van der Waals surface area contributed by atoms with Crippen molar-refractivity contribution in [3.8, 4) is 0 Å². The maximum Gasteiger partial charge on any atom is 0.311 e. The number of hydrogen-bond acceptors (Lipinski definition) is 8. The van der Waals surface area contributed by atoms with Gasteiger partial charge in [-0.05, 0) is 38.3 Å². The van der Waals surface area contributed by atoms with E-state index in [-0.39, 0.29) is 37.7 Å². The number of ether oxygens (including phenoxy) is 1. The molecule has 4 aliphatic heterocycles. The average Bonchev–Trinajstić information content (AvgIpc) is 3.45. The van der Waals surface area contributed by atoms with Gasteiger partial charge in [0, 0.05) is 24.4 Å². The normalized spacial score (nSPS) is 32.6. The van der Waals surface area contributed by atoms with E-state index < -0.39 is 27.4 Å². The van der Waals surface area contributed by atoms with E-state index in [4.69, 9.17) is 4.74 Å². The van der Waals surface area contributed by atoms with E-state index in [1.54, 1.807) is 14.5 Å². The number of likely N-dealkylation sites (tertiary alicyclic amines) is 1. The molecule has 5 atom stereocenters. The number of nitrogens with zero attached hydrogens (tertiary/aromatic N) is 5. The van der Waals surface area contributed by atoms with Crippen LogP contribution in [0.4, 0.5) is 0 Å². The van der Waals surface area contributed by atoms with Gasteiger partial charge in [-0.1, -0.05) is 41.7 Å². The van der Waals surface area contributed by atoms with Crippen molar-refractivity contribution < 1.29 is 24.2 Å². The van der Waals surface area contributed by atoms with Gasteiger partial charge in [0.15, 0.2) is 0 Å². The zero-order valence-electron chi connectivity index (χ0n) is 21.2. The Morgan fingerprint density at radius 3 is 2.79 bits per heavy atom. The molecule has 0 bridgehead atoms. The minimum Gasteiger partial charge on any atom is -0.465 e. The summed E-state index contributed by atoms with van der Waals surface area (Å²) >= 11 is 1.53. The van der Waals surface area contributed by atoms with Gasteiger partial charge in [0.2, 0.25) is 11.8 Å². The van der Waals surface area contributed by atoms with Gasteiger partial charge in [-0.3, -0.25) is 14.4 Å². The van der Waals surface area contributed by atoms with Crippen LogP contribution in [0.1, 0.15) is 26.2 Å². The number of hydrogen-bond donors (Lipinski definition) is 1. The Hall–Kier alpha value is -3.18. The van der Waals surface area contributed by atoms with E-state index in [9.17, 15) is 19.5 Å². The molecule has 1 aromatic heterocycles. The van der Waals surface area contributed by atoms with Crippen LogP contribution in [0.25, 0.3) is 11.0 Å². The second-order valence-corrected chi connectivity index (χ2v) is 12.3. The molecule has 1 spiro atoms. The molecule has 2 amide bonds. The second kappa shape index (κ2) is 9.53. The highest BCUT2D eigenvalue weighted by molar-refractivity contribution is 8.02. The van der Waals surface area contributed by atoms with Crippen molar-refractivity contribution in [1.82, 2.24) is 24.8 Å². The monoisotopic (exact) mass is 537 g/mol. The molecular weight excluding hydrogens is 506 g/mol. The van der Waals surface area contributed by atoms with Gasteiger partial charge in [-0.2, -0.15) is 0 Å². The lowest BCUT2D eigenvalue weighted by Gasteiger charge is -2.37. The molecular formula is C27H31N5O5S. The van der Waals surface area contributed by atoms with E-state index in [0.717, 1.165) is 11.0 Å². The number of fused-ring (bicyclic) bond motifs is 3. The SMILES string of the molecule is C[C@@]12C=CCCOC(=O)[C@@H]1[C@H]1C(=O)N(CCCCO)C3C(=O)N(Cn4nnc5ccccc54)CC=C[C@@]31S2. The van der Waals surface area contributed by atoms with E-state index in [1.165, 1.54) is 11.8 Å². The second-order valence-electron chi connectivity index (χ2n) is 10.5. The van der Waals surface area contributed by atoms with Gasteiger partial charge in [-0.15, -0.1) is 16.9 Å². The summed E-state index contributed by atoms with van der Waals surface area (Å²) in [7, 11) is 0. The molecule has 0 saturated carbocycles. The fraction of sp³-hybridized carbons (Fsp3) is 0.519. The van der Waals surface area contributed by atoms with Crippen LogP contribution in [0, 0.1) is 11.8 Å². The first-order chi connectivity index (χ1) is 18.4. The molecule has 2 fully saturated rings. The molecule has 1 N–H and O–H groups in total. The first kappa shape index (κ1) is 25.1. The van der Waals surface area contributed by atoms with E-state index >= 15 is 0 Å². The average molecular weight is 538 g/mol. The highest BCUT2D eigenvalue weighted by atomic mass is 32.2. The highest BCUT2D eigenvalue weighted by Gasteiger charge is 2.73. The van der Waals surface area contributed by atoms with Crippen LogP contribution in [-0.2, 0) is 25.8 Å². The number of amides is 2. The van der Waals surface area contributed by atoms with E-state index in [1.807, 2.05) is 55.5 Å². The molecule has 200 valence electrons. The van der Waals surface area contributed by atoms with E-state index in [2.05, 4.69) is 10.3 Å². The number of carbonyl (C=O) groups excluding carboxylic acids is 3. The van der Waals surface area contributed by atoms with Crippen LogP contribution in [0.3, 0.4) is 0 Å². The third-order valence-corrected chi connectivity index (χ3v) is 9.93. The Morgan fingerprint density at radius 1 is 1.11 bits per heavy atom. The molecule has 5 heterocycles. The summed E-state index contributed by atoms with van der Waals surface area (Å²) in [6.45, 7) is 3.12. The number of cyclic esters (lactones) is 1. The molecule has 6 rings (SSSR count). The maximum absolute atomic E-state index is 14.4. The first-order valence-electron chi connectivity index (χ1n) is 13.1. The molecule has 1 unspecified atom stereocenters. The number of thioether (sulfide) groups is 1. The van der Waals surface area contributed by atoms with E-state index in [0.29, 0.717) is 32.4 Å². The van der Waals surface area contributed by atoms with Gasteiger partial charge in [0.05, 0.1) is 28.7 Å². The molecule has 0 aliphatic carbocycles. The number of benzene rings is 1. The predicted octanol–water partition coefficient (Wildman–Crippen LogP) is 1.75. The van der Waals surface area contributed by atoms with Crippen molar-refractivity contribution in [3.63, 3.8) is 0 Å². The minimum atomic E-state index is -0.917. The van der Waals surface area contributed by atoms with Crippen molar-refractivity contribution >= 4 is 40.6 Å². The smallest absolute Gasteiger partial charge is 0.311 e. The van der Waals surface area contributed by atoms with Crippen molar-refractivity contribution in [2.24, 2.45) is 11.8 Å². The van der Waals surface area contributed by atoms with Crippen molar-refractivity contribution in [3.05, 3.63) is 48.6 Å². The Bertz CT molecular complexity index is 1340. The molecule has 2 aromatic rings. The quantitative estimate of drug-likeness (QED) is 0.337. The predicted molar refractivity (Wildman–Crippen MR) is 141 cm³/mol. The number of carbonyl (C=O) groups is 3. The Morgan fingerprint density at radius 2 is 1.95 bits per heavy atom. The third-order valence-electron chi connectivity index (χ3n) is 8.14. The zero-order chi connectivity index (χ0) is 26.5. The highest BCUT2D eigenvalue weighted by Crippen LogP contribution is 2.65. The van der Waals surface area contributed by atoms with Gasteiger partial charge < -0.3 is 19.6 Å². The Labute approximate surface area is 224 Å². The summed E-state index contributed by atoms with van der Waals surface area (Å²) in [4.78, 5) is 45.2. The summed E-state index contributed by atoms with van der Waals surface area (Å²) in [6, 6.07) is 6.79. The third kappa shape index (κ3) is 3.78. The van der Waals surface area contributed by atoms with Gasteiger partial charge in [-0.25, -0.2) is 4.68 Å². The van der Waals surface area contributed by atoms with Crippen LogP contribution >= 0.6 is 11.8 Å². The van der Waals surface area contributed by atoms with Crippen LogP contribution in [0.15, 0.2) is 48.6 Å². The standard InChI is InChI=1S/C27H31N5O5S/c1-26-11-4-7-16-37-25(36)21(26)20-23(34)31(14-5-6-15-33)22-24(35)30(13-8-12-27(20,22)38-26)17-32-19-10-3-2-9-18(19)28-29-32/h2-4,8-12,20-22,33H,5-7,13-17H2,1H3/t20-,21-,22?,26+,27-/m0/s1. The van der Waals surface area contributed by atoms with Crippen LogP contribution < -0.4 is 0 Å². The number of aliphatic hydroxyl groups is 1. The lowest BCUT2D eigenvalue weighted by Crippen LogP contribution is -2.53. The molecule has 0 radical (unpaired) electrons. The van der Waals surface area contributed by atoms with Crippen molar-refractivity contribution in [2.75, 3.05) is 26.3 Å². The minimum absolute atomic E-state index is 0.00713. The Balaban J connectivity index is 1.41. The summed E-state index contributed by atoms with van der Waals surface area (Å²) in [5.41, 5.74) is 1.56. The fourth-order valence-corrected chi connectivity index (χ4v) is 8.63. The molecule has 4 aliphatic rings. The number of aromatic nitrogens is 3. The lowest BCUT2D eigenvalue weighted by atomic mass is 9.74.